The number of nitrogens with zero attached hydrogens (tertiary/aromatic N) is 1. The molecule has 0 saturated heterocycles. The zero-order valence-electron chi connectivity index (χ0n) is 7.12. The molecule has 1 rings (SSSR count). The molecule has 0 aliphatic heterocycles. The van der Waals surface area contributed by atoms with Gasteiger partial charge in [0.1, 0.15) is 0 Å². The largest absolute Gasteiger partial charge is 0.295 e. The Balaban J connectivity index is 2.65. The molecule has 0 saturated carbocycles. The normalized spacial score (nSPS) is 11.1. The van der Waals surface area contributed by atoms with Crippen LogP contribution in [0.2, 0.25) is 0 Å². The van der Waals surface area contributed by atoms with Crippen LogP contribution in [0.1, 0.15) is 5.56 Å². The molecule has 1 aromatic carbocycles. The third-order valence-corrected chi connectivity index (χ3v) is 1.80. The number of hydrazone groups is 1. The second kappa shape index (κ2) is 4.77. The number of benzene rings is 1. The molecule has 0 bridgehead atoms. The van der Waals surface area contributed by atoms with Gasteiger partial charge in [0, 0.05) is 0 Å². The van der Waals surface area contributed by atoms with Crippen molar-refractivity contribution in [3.05, 3.63) is 29.8 Å². The number of halogens is 1. The van der Waals surface area contributed by atoms with Crippen molar-refractivity contribution in [1.29, 1.82) is 0 Å². The lowest BCUT2D eigenvalue weighted by Crippen LogP contribution is -1.94. The van der Waals surface area contributed by atoms with Crippen LogP contribution in [0.5, 0.6) is 0 Å². The monoisotopic (exact) mass is 240 g/mol. The van der Waals surface area contributed by atoms with Crippen molar-refractivity contribution < 1.29 is 4.79 Å². The van der Waals surface area contributed by atoms with E-state index in [0.29, 0.717) is 6.29 Å². The molecule has 1 N–H and O–H groups in total. The summed E-state index contributed by atoms with van der Waals surface area (Å²) >= 11 is 2.97. The fraction of sp³-hybridized carbons (Fsp3) is 0.111. The van der Waals surface area contributed by atoms with E-state index in [1.807, 2.05) is 31.2 Å². The SMILES string of the molecule is Cc1ccc(N/N=C(\Br)C=O)cc1. The summed E-state index contributed by atoms with van der Waals surface area (Å²) in [5.74, 6) is 0. The number of carbonyl (C=O) groups is 1. The number of hydrogen-bond donors (Lipinski definition) is 1. The summed E-state index contributed by atoms with van der Waals surface area (Å²) in [5.41, 5.74) is 4.77. The number of nitrogens with one attached hydrogen (secondary N) is 1. The van der Waals surface area contributed by atoms with Crippen molar-refractivity contribution in [3.8, 4) is 0 Å². The number of anilines is 1. The van der Waals surface area contributed by atoms with E-state index in [-0.39, 0.29) is 4.62 Å². The van der Waals surface area contributed by atoms with Crippen molar-refractivity contribution >= 4 is 32.5 Å². The van der Waals surface area contributed by atoms with Crippen LogP contribution in [0.4, 0.5) is 5.69 Å². The van der Waals surface area contributed by atoms with Gasteiger partial charge in [0.05, 0.1) is 5.69 Å². The third-order valence-electron chi connectivity index (χ3n) is 1.44. The van der Waals surface area contributed by atoms with Crippen LogP contribution in [-0.4, -0.2) is 10.9 Å². The number of aldehydes is 1. The van der Waals surface area contributed by atoms with E-state index < -0.39 is 0 Å². The van der Waals surface area contributed by atoms with E-state index in [1.165, 1.54) is 5.56 Å². The van der Waals surface area contributed by atoms with Crippen LogP contribution in [0.25, 0.3) is 0 Å². The van der Waals surface area contributed by atoms with Gasteiger partial charge in [-0.1, -0.05) is 17.7 Å². The van der Waals surface area contributed by atoms with Gasteiger partial charge in [0.15, 0.2) is 10.9 Å². The Bertz CT molecular complexity index is 319. The quantitative estimate of drug-likeness (QED) is 0.501. The predicted molar refractivity (Wildman–Crippen MR) is 57.2 cm³/mol. The standard InChI is InChI=1S/C9H9BrN2O/c1-7-2-4-8(5-3-7)11-12-9(10)6-13/h2-6,11H,1H3/b12-9-. The molecule has 0 amide bonds. The molecule has 0 aliphatic carbocycles. The van der Waals surface area contributed by atoms with Gasteiger partial charge < -0.3 is 0 Å². The molecule has 0 aromatic heterocycles. The van der Waals surface area contributed by atoms with Gasteiger partial charge in [-0.05, 0) is 35.0 Å². The Hall–Kier alpha value is -1.16. The maximum atomic E-state index is 10.2. The van der Waals surface area contributed by atoms with Crippen LogP contribution >= 0.6 is 15.9 Å². The van der Waals surface area contributed by atoms with E-state index in [0.717, 1.165) is 5.69 Å². The Morgan fingerprint density at radius 2 is 2.08 bits per heavy atom. The number of hydrogen-bond acceptors (Lipinski definition) is 3. The molecule has 1 aromatic rings. The summed E-state index contributed by atoms with van der Waals surface area (Å²) in [6.07, 6.45) is 0.626. The van der Waals surface area contributed by atoms with Crippen LogP contribution in [0.15, 0.2) is 29.4 Å². The first-order chi connectivity index (χ1) is 6.22. The van der Waals surface area contributed by atoms with Crippen LogP contribution in [0.3, 0.4) is 0 Å². The van der Waals surface area contributed by atoms with E-state index in [9.17, 15) is 4.79 Å². The van der Waals surface area contributed by atoms with Gasteiger partial charge in [0.25, 0.3) is 0 Å². The van der Waals surface area contributed by atoms with Gasteiger partial charge >= 0.3 is 0 Å². The van der Waals surface area contributed by atoms with Gasteiger partial charge in [-0.2, -0.15) is 5.10 Å². The van der Waals surface area contributed by atoms with Gasteiger partial charge in [-0.25, -0.2) is 0 Å². The Labute approximate surface area is 85.0 Å². The van der Waals surface area contributed by atoms with Crippen molar-refractivity contribution in [1.82, 2.24) is 0 Å². The second-order valence-electron chi connectivity index (χ2n) is 2.53. The molecule has 0 heterocycles. The first kappa shape index (κ1) is 9.92. The molecule has 0 fully saturated rings. The van der Waals surface area contributed by atoms with E-state index in [2.05, 4.69) is 26.5 Å². The summed E-state index contributed by atoms with van der Waals surface area (Å²) in [5, 5.41) is 3.76. The Morgan fingerprint density at radius 1 is 1.46 bits per heavy atom. The maximum Gasteiger partial charge on any atom is 0.177 e. The van der Waals surface area contributed by atoms with Crippen LogP contribution < -0.4 is 5.43 Å². The lowest BCUT2D eigenvalue weighted by molar-refractivity contribution is -0.102. The zero-order chi connectivity index (χ0) is 9.68. The summed E-state index contributed by atoms with van der Waals surface area (Å²) < 4.78 is 0.244. The summed E-state index contributed by atoms with van der Waals surface area (Å²) in [6, 6.07) is 7.72. The van der Waals surface area contributed by atoms with E-state index >= 15 is 0 Å². The van der Waals surface area contributed by atoms with Crippen molar-refractivity contribution in [2.75, 3.05) is 5.43 Å². The molecule has 0 spiro atoms. The van der Waals surface area contributed by atoms with Crippen molar-refractivity contribution in [2.45, 2.75) is 6.92 Å². The molecule has 3 nitrogen and oxygen atoms in total. The van der Waals surface area contributed by atoms with Gasteiger partial charge in [-0.3, -0.25) is 10.2 Å². The minimum atomic E-state index is 0.244. The molecular weight excluding hydrogens is 232 g/mol. The maximum absolute atomic E-state index is 10.2. The average Bonchev–Trinajstić information content (AvgIpc) is 2.16. The summed E-state index contributed by atoms with van der Waals surface area (Å²) in [4.78, 5) is 10.2. The molecule has 0 atom stereocenters. The third kappa shape index (κ3) is 3.38. The second-order valence-corrected chi connectivity index (χ2v) is 3.34. The summed E-state index contributed by atoms with van der Waals surface area (Å²) in [6.45, 7) is 2.01. The zero-order valence-corrected chi connectivity index (χ0v) is 8.71. The molecule has 0 aliphatic rings. The number of rotatable bonds is 3. The highest BCUT2D eigenvalue weighted by Gasteiger charge is 1.90. The lowest BCUT2D eigenvalue weighted by Gasteiger charge is -1.99. The van der Waals surface area contributed by atoms with Crippen LogP contribution in [0, 0.1) is 6.92 Å². The highest BCUT2D eigenvalue weighted by molar-refractivity contribution is 9.19. The number of carbonyl (C=O) groups excluding carboxylic acids is 1. The topological polar surface area (TPSA) is 41.5 Å². The smallest absolute Gasteiger partial charge is 0.177 e. The lowest BCUT2D eigenvalue weighted by atomic mass is 10.2. The Kier molecular flexibility index (Phi) is 3.64. The Morgan fingerprint density at radius 3 is 2.62 bits per heavy atom. The summed E-state index contributed by atoms with van der Waals surface area (Å²) in [7, 11) is 0. The fourth-order valence-electron chi connectivity index (χ4n) is 0.772. The first-order valence-electron chi connectivity index (χ1n) is 3.73. The van der Waals surface area contributed by atoms with Crippen molar-refractivity contribution in [2.24, 2.45) is 5.10 Å². The molecule has 4 heteroatoms. The molecule has 13 heavy (non-hydrogen) atoms. The average molecular weight is 241 g/mol. The van der Waals surface area contributed by atoms with E-state index in [4.69, 9.17) is 0 Å². The van der Waals surface area contributed by atoms with Gasteiger partial charge in [0.2, 0.25) is 0 Å². The minimum absolute atomic E-state index is 0.244. The molecule has 0 unspecified atom stereocenters. The number of aryl methyl sites for hydroxylation is 1. The highest BCUT2D eigenvalue weighted by atomic mass is 79.9. The first-order valence-corrected chi connectivity index (χ1v) is 4.52. The van der Waals surface area contributed by atoms with Crippen LogP contribution in [-0.2, 0) is 4.79 Å². The molecule has 68 valence electrons. The molecule has 0 radical (unpaired) electrons. The van der Waals surface area contributed by atoms with E-state index in [1.54, 1.807) is 0 Å². The molecular formula is C9H9BrN2O. The van der Waals surface area contributed by atoms with Gasteiger partial charge in [-0.15, -0.1) is 0 Å². The highest BCUT2D eigenvalue weighted by Crippen LogP contribution is 2.08. The van der Waals surface area contributed by atoms with Crippen molar-refractivity contribution in [3.63, 3.8) is 0 Å². The fourth-order valence-corrected chi connectivity index (χ4v) is 0.861. The predicted octanol–water partition coefficient (Wildman–Crippen LogP) is 2.31. The minimum Gasteiger partial charge on any atom is -0.295 e.